The van der Waals surface area contributed by atoms with Crippen LogP contribution in [0.25, 0.3) is 0 Å². The normalized spacial score (nSPS) is 20.2. The minimum Gasteiger partial charge on any atom is -0.357 e. The first-order chi connectivity index (χ1) is 9.81. The topological polar surface area (TPSA) is 63.3 Å². The lowest BCUT2D eigenvalue weighted by molar-refractivity contribution is 0.376. The van der Waals surface area contributed by atoms with E-state index in [0.29, 0.717) is 30.7 Å². The van der Waals surface area contributed by atoms with Gasteiger partial charge in [0.25, 0.3) is 0 Å². The molecule has 1 atom stereocenters. The van der Waals surface area contributed by atoms with Gasteiger partial charge in [-0.3, -0.25) is 4.99 Å². The van der Waals surface area contributed by atoms with Gasteiger partial charge in [-0.2, -0.15) is 4.98 Å². The van der Waals surface area contributed by atoms with Crippen LogP contribution in [0.4, 0.5) is 0 Å². The molecule has 20 heavy (non-hydrogen) atoms. The molecule has 0 aliphatic carbocycles. The molecule has 0 spiro atoms. The average molecular weight is 288 g/mol. The summed E-state index contributed by atoms with van der Waals surface area (Å²) < 4.78 is 5.06. The maximum Gasteiger partial charge on any atom is 0.228 e. The number of nitrogens with zero attached hydrogens (tertiary/aromatic N) is 3. The number of amidine groups is 1. The summed E-state index contributed by atoms with van der Waals surface area (Å²) in [6.45, 7) is 2.48. The lowest BCUT2D eigenvalue weighted by Gasteiger charge is -2.09. The fourth-order valence-electron chi connectivity index (χ4n) is 2.05. The van der Waals surface area contributed by atoms with E-state index in [9.17, 15) is 0 Å². The predicted molar refractivity (Wildman–Crippen MR) is 79.8 cm³/mol. The van der Waals surface area contributed by atoms with Crippen LogP contribution in [0.5, 0.6) is 0 Å². The number of nitrogens with one attached hydrogen (secondary N) is 1. The number of thioether (sulfide) groups is 1. The number of aromatic nitrogens is 2. The van der Waals surface area contributed by atoms with E-state index in [4.69, 9.17) is 4.52 Å². The molecule has 1 N–H and O–H groups in total. The van der Waals surface area contributed by atoms with Crippen molar-refractivity contribution in [3.63, 3.8) is 0 Å². The molecule has 1 fully saturated rings. The Labute approximate surface area is 121 Å². The number of hydrogen-bond donors (Lipinski definition) is 1. The zero-order valence-electron chi connectivity index (χ0n) is 11.2. The van der Waals surface area contributed by atoms with E-state index in [2.05, 4.69) is 44.7 Å². The maximum absolute atomic E-state index is 5.06. The molecule has 0 radical (unpaired) electrons. The summed E-state index contributed by atoms with van der Waals surface area (Å²) in [5.74, 6) is 2.34. The molecule has 6 heteroatoms. The SMILES string of the molecule is Cc1noc(CCN=C2NC(c3ccccc3)CS2)n1. The summed E-state index contributed by atoms with van der Waals surface area (Å²) in [5, 5.41) is 8.20. The molecule has 1 aliphatic rings. The number of benzene rings is 1. The van der Waals surface area contributed by atoms with Gasteiger partial charge in [0.05, 0.1) is 12.6 Å². The van der Waals surface area contributed by atoms with Gasteiger partial charge in [-0.25, -0.2) is 0 Å². The van der Waals surface area contributed by atoms with Gasteiger partial charge in [0, 0.05) is 12.2 Å². The smallest absolute Gasteiger partial charge is 0.228 e. The van der Waals surface area contributed by atoms with Crippen LogP contribution in [0.3, 0.4) is 0 Å². The van der Waals surface area contributed by atoms with Gasteiger partial charge in [-0.1, -0.05) is 47.3 Å². The molecule has 1 saturated heterocycles. The Morgan fingerprint density at radius 1 is 1.40 bits per heavy atom. The van der Waals surface area contributed by atoms with Gasteiger partial charge < -0.3 is 9.84 Å². The van der Waals surface area contributed by atoms with E-state index < -0.39 is 0 Å². The fourth-order valence-corrected chi connectivity index (χ4v) is 3.05. The third-order valence-corrected chi connectivity index (χ3v) is 4.06. The molecule has 2 aromatic rings. The first-order valence-corrected chi connectivity index (χ1v) is 7.58. The molecule has 2 heterocycles. The van der Waals surface area contributed by atoms with Crippen LogP contribution in [0.15, 0.2) is 39.8 Å². The van der Waals surface area contributed by atoms with Crippen LogP contribution in [-0.4, -0.2) is 27.6 Å². The van der Waals surface area contributed by atoms with Crippen LogP contribution in [-0.2, 0) is 6.42 Å². The Hall–Kier alpha value is -1.82. The van der Waals surface area contributed by atoms with Crippen molar-refractivity contribution in [2.45, 2.75) is 19.4 Å². The van der Waals surface area contributed by atoms with Gasteiger partial charge >= 0.3 is 0 Å². The molecule has 5 nitrogen and oxygen atoms in total. The van der Waals surface area contributed by atoms with Crippen molar-refractivity contribution >= 4 is 16.9 Å². The van der Waals surface area contributed by atoms with E-state index >= 15 is 0 Å². The van der Waals surface area contributed by atoms with Crippen molar-refractivity contribution in [3.05, 3.63) is 47.6 Å². The molecule has 1 aromatic carbocycles. The lowest BCUT2D eigenvalue weighted by atomic mass is 10.1. The summed E-state index contributed by atoms with van der Waals surface area (Å²) in [7, 11) is 0. The number of aliphatic imine (C=N–C) groups is 1. The Morgan fingerprint density at radius 2 is 2.25 bits per heavy atom. The van der Waals surface area contributed by atoms with E-state index in [1.165, 1.54) is 5.56 Å². The van der Waals surface area contributed by atoms with Crippen molar-refractivity contribution < 1.29 is 4.52 Å². The standard InChI is InChI=1S/C14H16N4OS/c1-10-16-13(19-18-10)7-8-15-14-17-12(9-20-14)11-5-3-2-4-6-11/h2-6,12H,7-9H2,1H3,(H,15,17). The highest BCUT2D eigenvalue weighted by molar-refractivity contribution is 8.14. The highest BCUT2D eigenvalue weighted by atomic mass is 32.2. The summed E-state index contributed by atoms with van der Waals surface area (Å²) >= 11 is 1.76. The summed E-state index contributed by atoms with van der Waals surface area (Å²) in [5.41, 5.74) is 1.30. The monoisotopic (exact) mass is 288 g/mol. The van der Waals surface area contributed by atoms with Crippen molar-refractivity contribution in [1.29, 1.82) is 0 Å². The van der Waals surface area contributed by atoms with Crippen LogP contribution in [0.1, 0.15) is 23.3 Å². The quantitative estimate of drug-likeness (QED) is 0.935. The zero-order valence-corrected chi connectivity index (χ0v) is 12.1. The molecule has 104 valence electrons. The van der Waals surface area contributed by atoms with Crippen molar-refractivity contribution in [2.75, 3.05) is 12.3 Å². The second-order valence-electron chi connectivity index (χ2n) is 4.59. The third kappa shape index (κ3) is 3.19. The number of aryl methyl sites for hydroxylation is 1. The summed E-state index contributed by atoms with van der Waals surface area (Å²) in [6, 6.07) is 10.8. The minimum absolute atomic E-state index is 0.352. The minimum atomic E-state index is 0.352. The molecule has 1 unspecified atom stereocenters. The first kappa shape index (κ1) is 13.2. The van der Waals surface area contributed by atoms with Crippen LogP contribution in [0.2, 0.25) is 0 Å². The molecule has 0 amide bonds. The summed E-state index contributed by atoms with van der Waals surface area (Å²) in [4.78, 5) is 8.71. The maximum atomic E-state index is 5.06. The van der Waals surface area contributed by atoms with Crippen LogP contribution >= 0.6 is 11.8 Å². The van der Waals surface area contributed by atoms with E-state index in [1.807, 2.05) is 13.0 Å². The van der Waals surface area contributed by atoms with E-state index in [0.717, 1.165) is 10.9 Å². The zero-order chi connectivity index (χ0) is 13.8. The average Bonchev–Trinajstić information content (AvgIpc) is 3.09. The van der Waals surface area contributed by atoms with Gasteiger partial charge in [0.15, 0.2) is 11.0 Å². The predicted octanol–water partition coefficient (Wildman–Crippen LogP) is 2.35. The highest BCUT2D eigenvalue weighted by Gasteiger charge is 2.21. The van der Waals surface area contributed by atoms with Gasteiger partial charge in [-0.05, 0) is 12.5 Å². The summed E-state index contributed by atoms with van der Waals surface area (Å²) in [6.07, 6.45) is 0.683. The third-order valence-electron chi connectivity index (χ3n) is 3.04. The molecule has 1 aromatic heterocycles. The Bertz CT molecular complexity index is 596. The van der Waals surface area contributed by atoms with E-state index in [1.54, 1.807) is 11.8 Å². The molecular formula is C14H16N4OS. The van der Waals surface area contributed by atoms with Gasteiger partial charge in [0.1, 0.15) is 0 Å². The van der Waals surface area contributed by atoms with Crippen molar-refractivity contribution in [1.82, 2.24) is 15.5 Å². The molecule has 0 saturated carbocycles. The first-order valence-electron chi connectivity index (χ1n) is 6.59. The Balaban J connectivity index is 1.53. The second kappa shape index (κ2) is 6.09. The highest BCUT2D eigenvalue weighted by Crippen LogP contribution is 2.25. The second-order valence-corrected chi connectivity index (χ2v) is 5.60. The largest absolute Gasteiger partial charge is 0.357 e. The van der Waals surface area contributed by atoms with Gasteiger partial charge in [-0.15, -0.1) is 0 Å². The Morgan fingerprint density at radius 3 is 3.00 bits per heavy atom. The van der Waals surface area contributed by atoms with Crippen molar-refractivity contribution in [3.8, 4) is 0 Å². The lowest BCUT2D eigenvalue weighted by Crippen LogP contribution is -2.19. The molecule has 3 rings (SSSR count). The fraction of sp³-hybridized carbons (Fsp3) is 0.357. The Kier molecular flexibility index (Phi) is 4.01. The van der Waals surface area contributed by atoms with Crippen LogP contribution in [0, 0.1) is 6.92 Å². The van der Waals surface area contributed by atoms with Crippen molar-refractivity contribution in [2.24, 2.45) is 4.99 Å². The van der Waals surface area contributed by atoms with Crippen LogP contribution < -0.4 is 5.32 Å². The molecular weight excluding hydrogens is 272 g/mol. The van der Waals surface area contributed by atoms with E-state index in [-0.39, 0.29) is 0 Å². The van der Waals surface area contributed by atoms with Gasteiger partial charge in [0.2, 0.25) is 5.89 Å². The molecule has 0 bridgehead atoms. The number of rotatable bonds is 4. The molecule has 1 aliphatic heterocycles. The number of hydrogen-bond acceptors (Lipinski definition) is 5.